The molecule has 0 spiro atoms. The van der Waals surface area contributed by atoms with Gasteiger partial charge in [0.25, 0.3) is 0 Å². The lowest BCUT2D eigenvalue weighted by Crippen LogP contribution is -2.42. The fourth-order valence-electron chi connectivity index (χ4n) is 3.25. The third-order valence-electron chi connectivity index (χ3n) is 4.82. The summed E-state index contributed by atoms with van der Waals surface area (Å²) in [6.07, 6.45) is 9.73. The van der Waals surface area contributed by atoms with Gasteiger partial charge in [0.05, 0.1) is 6.07 Å². The summed E-state index contributed by atoms with van der Waals surface area (Å²) in [6, 6.07) is 3.23. The van der Waals surface area contributed by atoms with Crippen molar-refractivity contribution in [2.45, 2.75) is 76.8 Å². The molecule has 0 saturated carbocycles. The molecule has 3 nitrogen and oxygen atoms in total. The molecule has 1 aliphatic rings. The topological polar surface area (TPSA) is 39.1 Å². The highest BCUT2D eigenvalue weighted by Gasteiger charge is 2.26. The second-order valence-electron chi connectivity index (χ2n) is 5.85. The first-order chi connectivity index (χ1) is 9.21. The zero-order chi connectivity index (χ0) is 14.1. The largest absolute Gasteiger partial charge is 0.302 e. The molecule has 0 aromatic rings. The summed E-state index contributed by atoms with van der Waals surface area (Å²) >= 11 is 0. The molecule has 2 atom stereocenters. The van der Waals surface area contributed by atoms with Gasteiger partial charge in [-0.05, 0) is 58.7 Å². The van der Waals surface area contributed by atoms with Crippen LogP contribution in [0, 0.1) is 11.3 Å². The Balaban J connectivity index is 2.43. The molecule has 1 aliphatic heterocycles. The summed E-state index contributed by atoms with van der Waals surface area (Å²) in [7, 11) is 1.91. The molecule has 0 aromatic carbocycles. The lowest BCUT2D eigenvalue weighted by Gasteiger charge is -2.31. The number of hydrogen-bond donors (Lipinski definition) is 1. The van der Waals surface area contributed by atoms with Crippen LogP contribution in [0.2, 0.25) is 0 Å². The Kier molecular flexibility index (Phi) is 7.41. The van der Waals surface area contributed by atoms with Gasteiger partial charge in [-0.2, -0.15) is 5.26 Å². The van der Waals surface area contributed by atoms with Crippen molar-refractivity contribution in [3.8, 4) is 6.07 Å². The molecule has 0 radical (unpaired) electrons. The third kappa shape index (κ3) is 4.78. The van der Waals surface area contributed by atoms with E-state index in [9.17, 15) is 5.26 Å². The van der Waals surface area contributed by atoms with E-state index in [0.717, 1.165) is 31.8 Å². The van der Waals surface area contributed by atoms with Gasteiger partial charge in [-0.25, -0.2) is 0 Å². The Morgan fingerprint density at radius 2 is 2.11 bits per heavy atom. The molecule has 3 heteroatoms. The summed E-state index contributed by atoms with van der Waals surface area (Å²) in [5.74, 6) is 0. The van der Waals surface area contributed by atoms with Gasteiger partial charge in [0.2, 0.25) is 0 Å². The fourth-order valence-corrected chi connectivity index (χ4v) is 3.25. The summed E-state index contributed by atoms with van der Waals surface area (Å²) in [5, 5.41) is 12.5. The van der Waals surface area contributed by atoms with Crippen LogP contribution in [-0.2, 0) is 0 Å². The second-order valence-corrected chi connectivity index (χ2v) is 5.85. The summed E-state index contributed by atoms with van der Waals surface area (Å²) < 4.78 is 0. The molecular formula is C16H31N3. The zero-order valence-corrected chi connectivity index (χ0v) is 13.0. The van der Waals surface area contributed by atoms with E-state index in [4.69, 9.17) is 0 Å². The first kappa shape index (κ1) is 16.5. The molecule has 19 heavy (non-hydrogen) atoms. The predicted octanol–water partition coefficient (Wildman–Crippen LogP) is 3.31. The summed E-state index contributed by atoms with van der Waals surface area (Å²) in [6.45, 7) is 6.82. The van der Waals surface area contributed by atoms with E-state index in [1.54, 1.807) is 0 Å². The quantitative estimate of drug-likeness (QED) is 0.767. The second kappa shape index (κ2) is 8.55. The van der Waals surface area contributed by atoms with Crippen molar-refractivity contribution in [3.05, 3.63) is 0 Å². The maximum Gasteiger partial charge on any atom is 0.106 e. The molecule has 110 valence electrons. The van der Waals surface area contributed by atoms with E-state index in [2.05, 4.69) is 30.1 Å². The van der Waals surface area contributed by atoms with Crippen molar-refractivity contribution in [3.63, 3.8) is 0 Å². The van der Waals surface area contributed by atoms with Crippen LogP contribution in [-0.4, -0.2) is 36.6 Å². The highest BCUT2D eigenvalue weighted by Crippen LogP contribution is 2.21. The van der Waals surface area contributed by atoms with Crippen molar-refractivity contribution in [1.82, 2.24) is 10.2 Å². The Morgan fingerprint density at radius 3 is 2.68 bits per heavy atom. The van der Waals surface area contributed by atoms with Gasteiger partial charge >= 0.3 is 0 Å². The number of nitriles is 1. The summed E-state index contributed by atoms with van der Waals surface area (Å²) in [4.78, 5) is 2.67. The molecule has 2 unspecified atom stereocenters. The van der Waals surface area contributed by atoms with E-state index in [0.29, 0.717) is 0 Å². The lowest BCUT2D eigenvalue weighted by atomic mass is 9.92. The van der Waals surface area contributed by atoms with Crippen LogP contribution in [0.1, 0.15) is 65.2 Å². The van der Waals surface area contributed by atoms with Crippen LogP contribution < -0.4 is 5.32 Å². The minimum absolute atomic E-state index is 0.312. The van der Waals surface area contributed by atoms with Crippen LogP contribution in [0.25, 0.3) is 0 Å². The van der Waals surface area contributed by atoms with E-state index in [-0.39, 0.29) is 5.54 Å². The molecule has 0 aliphatic carbocycles. The number of nitrogens with one attached hydrogen (secondary N) is 1. The monoisotopic (exact) mass is 265 g/mol. The van der Waals surface area contributed by atoms with Crippen molar-refractivity contribution in [2.75, 3.05) is 20.1 Å². The molecule has 0 amide bonds. The molecule has 1 heterocycles. The van der Waals surface area contributed by atoms with Gasteiger partial charge in [-0.3, -0.25) is 0 Å². The third-order valence-corrected chi connectivity index (χ3v) is 4.82. The number of likely N-dealkylation sites (tertiary alicyclic amines) is 1. The average Bonchev–Trinajstić information content (AvgIpc) is 2.69. The standard InChI is InChI=1S/C16H31N3/c1-4-15-10-7-6-8-12-19(15)13-9-11-16(5-2,14-17)18-3/h15,18H,4-13H2,1-3H3. The van der Waals surface area contributed by atoms with Crippen molar-refractivity contribution >= 4 is 0 Å². The molecule has 0 bridgehead atoms. The first-order valence-corrected chi connectivity index (χ1v) is 8.05. The molecule has 0 aromatic heterocycles. The highest BCUT2D eigenvalue weighted by molar-refractivity contribution is 5.05. The minimum atomic E-state index is -0.312. The Hall–Kier alpha value is -0.590. The predicted molar refractivity (Wildman–Crippen MR) is 81.0 cm³/mol. The SMILES string of the molecule is CCC1CCCCCN1CCCC(C#N)(CC)NC. The van der Waals surface area contributed by atoms with Gasteiger partial charge in [-0.1, -0.05) is 26.7 Å². The van der Waals surface area contributed by atoms with Crippen LogP contribution in [0.4, 0.5) is 0 Å². The van der Waals surface area contributed by atoms with Gasteiger partial charge < -0.3 is 10.2 Å². The number of nitrogens with zero attached hydrogens (tertiary/aromatic N) is 2. The van der Waals surface area contributed by atoms with E-state index < -0.39 is 0 Å². The van der Waals surface area contributed by atoms with Crippen molar-refractivity contribution in [1.29, 1.82) is 5.26 Å². The van der Waals surface area contributed by atoms with E-state index in [1.807, 2.05) is 7.05 Å². The summed E-state index contributed by atoms with van der Waals surface area (Å²) in [5.41, 5.74) is -0.312. The molecular weight excluding hydrogens is 234 g/mol. The van der Waals surface area contributed by atoms with E-state index in [1.165, 1.54) is 38.6 Å². The molecule has 1 fully saturated rings. The molecule has 1 saturated heterocycles. The van der Waals surface area contributed by atoms with Crippen molar-refractivity contribution < 1.29 is 0 Å². The van der Waals surface area contributed by atoms with Crippen LogP contribution in [0.15, 0.2) is 0 Å². The van der Waals surface area contributed by atoms with Gasteiger partial charge in [0, 0.05) is 6.04 Å². The zero-order valence-electron chi connectivity index (χ0n) is 13.0. The van der Waals surface area contributed by atoms with Crippen LogP contribution >= 0.6 is 0 Å². The van der Waals surface area contributed by atoms with E-state index >= 15 is 0 Å². The normalized spacial score (nSPS) is 24.4. The highest BCUT2D eigenvalue weighted by atomic mass is 15.2. The number of rotatable bonds is 7. The van der Waals surface area contributed by atoms with Crippen molar-refractivity contribution in [2.24, 2.45) is 0 Å². The Bertz CT molecular complexity index is 278. The average molecular weight is 265 g/mol. The van der Waals surface area contributed by atoms with Gasteiger partial charge in [0.15, 0.2) is 0 Å². The lowest BCUT2D eigenvalue weighted by molar-refractivity contribution is 0.185. The molecule has 1 rings (SSSR count). The maximum absolute atomic E-state index is 9.33. The first-order valence-electron chi connectivity index (χ1n) is 8.05. The van der Waals surface area contributed by atoms with Gasteiger partial charge in [0.1, 0.15) is 5.54 Å². The van der Waals surface area contributed by atoms with Crippen LogP contribution in [0.5, 0.6) is 0 Å². The van der Waals surface area contributed by atoms with Crippen LogP contribution in [0.3, 0.4) is 0 Å². The fraction of sp³-hybridized carbons (Fsp3) is 0.938. The Morgan fingerprint density at radius 1 is 1.32 bits per heavy atom. The molecule has 1 N–H and O–H groups in total. The smallest absolute Gasteiger partial charge is 0.106 e. The maximum atomic E-state index is 9.33. The number of hydrogen-bond acceptors (Lipinski definition) is 3. The Labute approximate surface area is 119 Å². The van der Waals surface area contributed by atoms with Gasteiger partial charge in [-0.15, -0.1) is 0 Å². The minimum Gasteiger partial charge on any atom is -0.302 e.